The number of rotatable bonds is 7. The van der Waals surface area contributed by atoms with Crippen molar-refractivity contribution < 1.29 is 17.9 Å². The van der Waals surface area contributed by atoms with Crippen molar-refractivity contribution in [3.8, 4) is 5.75 Å². The fraction of sp³-hybridized carbons (Fsp3) is 0.381. The van der Waals surface area contributed by atoms with Gasteiger partial charge in [0.2, 0.25) is 5.91 Å². The fourth-order valence-electron chi connectivity index (χ4n) is 3.22. The number of hydrogen-bond donors (Lipinski definition) is 1. The van der Waals surface area contributed by atoms with Gasteiger partial charge in [0.05, 0.1) is 5.92 Å². The Morgan fingerprint density at radius 2 is 1.83 bits per heavy atom. The monoisotopic (exact) mass is 417 g/mol. The number of ether oxygens (including phenoxy) is 1. The van der Waals surface area contributed by atoms with E-state index in [-0.39, 0.29) is 18.4 Å². The average Bonchev–Trinajstić information content (AvgIpc) is 2.74. The Bertz CT molecular complexity index is 915. The van der Waals surface area contributed by atoms with Gasteiger partial charge in [-0.05, 0) is 42.7 Å². The Morgan fingerprint density at radius 3 is 2.48 bits per heavy atom. The zero-order valence-electron chi connectivity index (χ0n) is 16.7. The van der Waals surface area contributed by atoms with Crippen molar-refractivity contribution in [2.24, 2.45) is 5.92 Å². The van der Waals surface area contributed by atoms with Gasteiger partial charge in [0, 0.05) is 32.9 Å². The molecule has 2 aromatic carbocycles. The Morgan fingerprint density at radius 1 is 1.14 bits per heavy atom. The maximum Gasteiger partial charge on any atom is 0.281 e. The van der Waals surface area contributed by atoms with Crippen LogP contribution in [0.2, 0.25) is 0 Å². The lowest BCUT2D eigenvalue weighted by atomic mass is 9.99. The summed E-state index contributed by atoms with van der Waals surface area (Å²) in [6.07, 6.45) is 1.33. The number of piperidine rings is 1. The number of nitrogens with zero attached hydrogens (tertiary/aromatic N) is 2. The lowest BCUT2D eigenvalue weighted by Gasteiger charge is -2.32. The molecule has 1 aliphatic heterocycles. The van der Waals surface area contributed by atoms with Crippen molar-refractivity contribution in [1.82, 2.24) is 8.61 Å². The van der Waals surface area contributed by atoms with Crippen LogP contribution in [0.1, 0.15) is 18.4 Å². The predicted octanol–water partition coefficient (Wildman–Crippen LogP) is 2.72. The van der Waals surface area contributed by atoms with E-state index in [4.69, 9.17) is 4.74 Å². The Hall–Kier alpha value is -2.42. The third kappa shape index (κ3) is 5.56. The van der Waals surface area contributed by atoms with Gasteiger partial charge in [-0.1, -0.05) is 30.3 Å². The van der Waals surface area contributed by atoms with Crippen LogP contribution in [0, 0.1) is 5.92 Å². The van der Waals surface area contributed by atoms with Gasteiger partial charge in [0.25, 0.3) is 10.2 Å². The number of hydrogen-bond acceptors (Lipinski definition) is 4. The minimum absolute atomic E-state index is 0.165. The van der Waals surface area contributed by atoms with Gasteiger partial charge in [-0.3, -0.25) is 4.79 Å². The molecule has 0 aliphatic carbocycles. The first kappa shape index (κ1) is 21.3. The molecule has 0 spiro atoms. The molecule has 0 radical (unpaired) electrons. The summed E-state index contributed by atoms with van der Waals surface area (Å²) in [5.41, 5.74) is 1.74. The second kappa shape index (κ2) is 9.39. The molecular weight excluding hydrogens is 390 g/mol. The maximum absolute atomic E-state index is 12.6. The first-order valence-electron chi connectivity index (χ1n) is 9.61. The van der Waals surface area contributed by atoms with Gasteiger partial charge in [-0.25, -0.2) is 0 Å². The highest BCUT2D eigenvalue weighted by Gasteiger charge is 2.33. The second-order valence-corrected chi connectivity index (χ2v) is 9.42. The van der Waals surface area contributed by atoms with Crippen molar-refractivity contribution in [2.45, 2.75) is 19.4 Å². The van der Waals surface area contributed by atoms with Crippen LogP contribution in [-0.4, -0.2) is 50.1 Å². The fourth-order valence-corrected chi connectivity index (χ4v) is 4.41. The normalized spacial score (nSPS) is 17.8. The molecule has 156 valence electrons. The molecule has 3 rings (SSSR count). The van der Waals surface area contributed by atoms with Gasteiger partial charge in [0.15, 0.2) is 0 Å². The number of benzene rings is 2. The summed E-state index contributed by atoms with van der Waals surface area (Å²) in [7, 11) is -0.503. The molecule has 29 heavy (non-hydrogen) atoms. The summed E-state index contributed by atoms with van der Waals surface area (Å²) in [5.74, 6) is 0.182. The second-order valence-electron chi connectivity index (χ2n) is 7.28. The van der Waals surface area contributed by atoms with Crippen molar-refractivity contribution in [3.63, 3.8) is 0 Å². The van der Waals surface area contributed by atoms with E-state index in [1.54, 1.807) is 12.1 Å². The highest BCUT2D eigenvalue weighted by molar-refractivity contribution is 7.86. The molecule has 0 saturated carbocycles. The smallest absolute Gasteiger partial charge is 0.281 e. The molecule has 0 aromatic heterocycles. The molecule has 1 fully saturated rings. The summed E-state index contributed by atoms with van der Waals surface area (Å²) in [6.45, 7) is 1.12. The van der Waals surface area contributed by atoms with Crippen LogP contribution in [0.3, 0.4) is 0 Å². The Kier molecular flexibility index (Phi) is 6.89. The molecule has 1 amide bonds. The molecule has 1 saturated heterocycles. The first-order chi connectivity index (χ1) is 13.9. The molecule has 1 N–H and O–H groups in total. The molecular formula is C21H27N3O4S. The van der Waals surface area contributed by atoms with Gasteiger partial charge in [0.1, 0.15) is 12.4 Å². The van der Waals surface area contributed by atoms with E-state index in [0.717, 1.165) is 5.56 Å². The minimum Gasteiger partial charge on any atom is -0.489 e. The van der Waals surface area contributed by atoms with Crippen molar-refractivity contribution in [1.29, 1.82) is 0 Å². The topological polar surface area (TPSA) is 79.0 Å². The molecule has 1 aliphatic rings. The molecule has 0 unspecified atom stereocenters. The third-order valence-corrected chi connectivity index (χ3v) is 6.82. The highest BCUT2D eigenvalue weighted by atomic mass is 32.2. The summed E-state index contributed by atoms with van der Waals surface area (Å²) in [4.78, 5) is 12.6. The SMILES string of the molecule is CN(C)S(=O)(=O)N1CCC[C@@H](C(=O)Nc2ccc(OCc3ccccc3)cc2)C1. The number of amides is 1. The number of anilines is 1. The molecule has 0 bridgehead atoms. The maximum atomic E-state index is 12.6. The van der Waals surface area contributed by atoms with Crippen LogP contribution >= 0.6 is 0 Å². The number of carbonyl (C=O) groups excluding carboxylic acids is 1. The minimum atomic E-state index is -3.50. The van der Waals surface area contributed by atoms with E-state index in [0.29, 0.717) is 37.4 Å². The summed E-state index contributed by atoms with van der Waals surface area (Å²) < 4.78 is 32.9. The molecule has 1 heterocycles. The standard InChI is InChI=1S/C21H27N3O4S/c1-23(2)29(26,27)24-14-6-9-18(15-24)21(25)22-19-10-12-20(13-11-19)28-16-17-7-4-3-5-8-17/h3-5,7-8,10-13,18H,6,9,14-16H2,1-2H3,(H,22,25)/t18-/m1/s1. The third-order valence-electron chi connectivity index (χ3n) is 4.91. The van der Waals surface area contributed by atoms with Crippen molar-refractivity contribution in [2.75, 3.05) is 32.5 Å². The summed E-state index contributed by atoms with van der Waals surface area (Å²) >= 11 is 0. The van der Waals surface area contributed by atoms with Crippen LogP contribution < -0.4 is 10.1 Å². The Balaban J connectivity index is 1.55. The largest absolute Gasteiger partial charge is 0.489 e. The van der Waals surface area contributed by atoms with Crippen LogP contribution in [0.5, 0.6) is 5.75 Å². The number of nitrogens with one attached hydrogen (secondary N) is 1. The van der Waals surface area contributed by atoms with E-state index >= 15 is 0 Å². The Labute approximate surface area is 172 Å². The van der Waals surface area contributed by atoms with Crippen LogP contribution in [0.25, 0.3) is 0 Å². The highest BCUT2D eigenvalue weighted by Crippen LogP contribution is 2.23. The van der Waals surface area contributed by atoms with Gasteiger partial charge in [-0.2, -0.15) is 17.0 Å². The van der Waals surface area contributed by atoms with Crippen molar-refractivity contribution >= 4 is 21.8 Å². The number of carbonyl (C=O) groups is 1. The zero-order chi connectivity index (χ0) is 20.9. The first-order valence-corrected chi connectivity index (χ1v) is 11.0. The van der Waals surface area contributed by atoms with E-state index in [1.807, 2.05) is 42.5 Å². The van der Waals surface area contributed by atoms with Crippen LogP contribution in [0.4, 0.5) is 5.69 Å². The lowest BCUT2D eigenvalue weighted by Crippen LogP contribution is -2.47. The van der Waals surface area contributed by atoms with Crippen LogP contribution in [-0.2, 0) is 21.6 Å². The average molecular weight is 418 g/mol. The van der Waals surface area contributed by atoms with Crippen LogP contribution in [0.15, 0.2) is 54.6 Å². The van der Waals surface area contributed by atoms with Gasteiger partial charge < -0.3 is 10.1 Å². The van der Waals surface area contributed by atoms with E-state index in [1.165, 1.54) is 22.7 Å². The lowest BCUT2D eigenvalue weighted by molar-refractivity contribution is -0.120. The molecule has 8 heteroatoms. The summed E-state index contributed by atoms with van der Waals surface area (Å²) in [6, 6.07) is 17.1. The van der Waals surface area contributed by atoms with Gasteiger partial charge >= 0.3 is 0 Å². The summed E-state index contributed by atoms with van der Waals surface area (Å²) in [5, 5.41) is 2.88. The predicted molar refractivity (Wildman–Crippen MR) is 113 cm³/mol. The van der Waals surface area contributed by atoms with E-state index in [2.05, 4.69) is 5.32 Å². The van der Waals surface area contributed by atoms with E-state index in [9.17, 15) is 13.2 Å². The zero-order valence-corrected chi connectivity index (χ0v) is 17.6. The van der Waals surface area contributed by atoms with Gasteiger partial charge in [-0.15, -0.1) is 0 Å². The van der Waals surface area contributed by atoms with E-state index < -0.39 is 10.2 Å². The van der Waals surface area contributed by atoms with Crippen molar-refractivity contribution in [3.05, 3.63) is 60.2 Å². The quantitative estimate of drug-likeness (QED) is 0.751. The molecule has 7 nitrogen and oxygen atoms in total. The molecule has 2 aromatic rings. The molecule has 1 atom stereocenters.